The maximum Gasteiger partial charge on any atom is 0.113 e. The second-order valence-electron chi connectivity index (χ2n) is 3.62. The van der Waals surface area contributed by atoms with Gasteiger partial charge in [0.05, 0.1) is 11.6 Å². The minimum absolute atomic E-state index is 0.681. The van der Waals surface area contributed by atoms with Gasteiger partial charge in [-0.3, -0.25) is 0 Å². The number of hydrogen-bond donors (Lipinski definition) is 0. The van der Waals surface area contributed by atoms with Crippen LogP contribution in [0.3, 0.4) is 0 Å². The minimum atomic E-state index is 0.681. The van der Waals surface area contributed by atoms with Crippen molar-refractivity contribution in [3.63, 3.8) is 0 Å². The maximum absolute atomic E-state index is 8.73. The maximum atomic E-state index is 8.73. The largest absolute Gasteiger partial charge is 0.304 e. The molecular weight excluding hydrogens is 198 g/mol. The number of hydrogen-bond acceptors (Lipinski definition) is 2. The lowest BCUT2D eigenvalue weighted by atomic mass is 10.2. The van der Waals surface area contributed by atoms with Crippen LogP contribution in [-0.4, -0.2) is 9.55 Å². The molecule has 0 unspecified atom stereocenters. The van der Waals surface area contributed by atoms with Crippen molar-refractivity contribution in [3.8, 4) is 11.8 Å². The zero-order valence-corrected chi connectivity index (χ0v) is 9.22. The summed E-state index contributed by atoms with van der Waals surface area (Å²) < 4.78 is 2.06. The fourth-order valence-electron chi connectivity index (χ4n) is 1.67. The second kappa shape index (κ2) is 4.63. The topological polar surface area (TPSA) is 41.6 Å². The number of aromatic nitrogens is 2. The third-order valence-electron chi connectivity index (χ3n) is 2.47. The van der Waals surface area contributed by atoms with Crippen molar-refractivity contribution >= 4 is 0 Å². The van der Waals surface area contributed by atoms with Gasteiger partial charge in [-0.15, -0.1) is 0 Å². The summed E-state index contributed by atoms with van der Waals surface area (Å²) in [5.74, 6) is 1.06. The molecular formula is C13H13N3. The molecule has 0 aliphatic carbocycles. The Balaban J connectivity index is 2.35. The Bertz CT molecular complexity index is 503. The highest BCUT2D eigenvalue weighted by atomic mass is 15.1. The molecule has 0 radical (unpaired) electrons. The average Bonchev–Trinajstić information content (AvgIpc) is 2.78. The van der Waals surface area contributed by atoms with E-state index in [9.17, 15) is 0 Å². The quantitative estimate of drug-likeness (QED) is 0.783. The molecule has 2 aromatic rings. The van der Waals surface area contributed by atoms with Crippen LogP contribution in [0.5, 0.6) is 0 Å². The molecule has 0 atom stereocenters. The van der Waals surface area contributed by atoms with Crippen molar-refractivity contribution in [2.75, 3.05) is 0 Å². The first-order chi connectivity index (χ1) is 7.85. The molecule has 0 saturated carbocycles. The van der Waals surface area contributed by atoms with E-state index in [0.717, 1.165) is 24.4 Å². The Morgan fingerprint density at radius 2 is 2.06 bits per heavy atom. The average molecular weight is 211 g/mol. The van der Waals surface area contributed by atoms with Crippen LogP contribution in [0.4, 0.5) is 0 Å². The predicted molar refractivity (Wildman–Crippen MR) is 62.3 cm³/mol. The van der Waals surface area contributed by atoms with Crippen molar-refractivity contribution in [1.29, 1.82) is 5.26 Å². The predicted octanol–water partition coefficient (Wildman–Crippen LogP) is 2.70. The number of aryl methyl sites for hydroxylation is 1. The molecule has 0 aliphatic rings. The molecule has 2 rings (SSSR count). The molecule has 0 fully saturated rings. The van der Waals surface area contributed by atoms with E-state index in [1.54, 1.807) is 0 Å². The Hall–Kier alpha value is -2.08. The van der Waals surface area contributed by atoms with E-state index in [1.807, 2.05) is 36.7 Å². The van der Waals surface area contributed by atoms with Crippen molar-refractivity contribution in [3.05, 3.63) is 48.0 Å². The van der Waals surface area contributed by atoms with E-state index in [0.29, 0.717) is 5.56 Å². The Kier molecular flexibility index (Phi) is 3.02. The van der Waals surface area contributed by atoms with E-state index >= 15 is 0 Å². The molecule has 3 heteroatoms. The molecule has 0 saturated heterocycles. The molecule has 0 amide bonds. The Morgan fingerprint density at radius 3 is 2.69 bits per heavy atom. The first-order valence-electron chi connectivity index (χ1n) is 5.38. The highest BCUT2D eigenvalue weighted by Gasteiger charge is 2.03. The normalized spacial score (nSPS) is 10.0. The van der Waals surface area contributed by atoms with Crippen LogP contribution < -0.4 is 0 Å². The molecule has 80 valence electrons. The fourth-order valence-corrected chi connectivity index (χ4v) is 1.67. The number of nitrogens with zero attached hydrogens (tertiary/aromatic N) is 3. The minimum Gasteiger partial charge on any atom is -0.304 e. The monoisotopic (exact) mass is 211 g/mol. The highest BCUT2D eigenvalue weighted by molar-refractivity contribution is 5.40. The van der Waals surface area contributed by atoms with Crippen LogP contribution >= 0.6 is 0 Å². The lowest BCUT2D eigenvalue weighted by Gasteiger charge is -2.06. The number of benzene rings is 1. The SMILES string of the molecule is CCCc1nccn1-c1ccc(C#N)cc1. The summed E-state index contributed by atoms with van der Waals surface area (Å²) in [5, 5.41) is 8.73. The zero-order chi connectivity index (χ0) is 11.4. The third-order valence-corrected chi connectivity index (χ3v) is 2.47. The van der Waals surface area contributed by atoms with Crippen LogP contribution in [0.2, 0.25) is 0 Å². The zero-order valence-electron chi connectivity index (χ0n) is 9.22. The van der Waals surface area contributed by atoms with E-state index in [2.05, 4.69) is 22.5 Å². The highest BCUT2D eigenvalue weighted by Crippen LogP contribution is 2.12. The van der Waals surface area contributed by atoms with Gasteiger partial charge in [0, 0.05) is 24.5 Å². The van der Waals surface area contributed by atoms with Gasteiger partial charge in [-0.2, -0.15) is 5.26 Å². The molecule has 1 aromatic heterocycles. The van der Waals surface area contributed by atoms with Gasteiger partial charge >= 0.3 is 0 Å². The smallest absolute Gasteiger partial charge is 0.113 e. The van der Waals surface area contributed by atoms with Crippen LogP contribution in [-0.2, 0) is 6.42 Å². The van der Waals surface area contributed by atoms with Gasteiger partial charge in [-0.25, -0.2) is 4.98 Å². The van der Waals surface area contributed by atoms with E-state index in [-0.39, 0.29) is 0 Å². The van der Waals surface area contributed by atoms with Gasteiger partial charge in [0.2, 0.25) is 0 Å². The van der Waals surface area contributed by atoms with Crippen molar-refractivity contribution in [2.45, 2.75) is 19.8 Å². The first kappa shape index (κ1) is 10.4. The van der Waals surface area contributed by atoms with Crippen molar-refractivity contribution < 1.29 is 0 Å². The first-order valence-corrected chi connectivity index (χ1v) is 5.38. The van der Waals surface area contributed by atoms with Crippen molar-refractivity contribution in [1.82, 2.24) is 9.55 Å². The van der Waals surface area contributed by atoms with E-state index in [1.165, 1.54) is 0 Å². The second-order valence-corrected chi connectivity index (χ2v) is 3.62. The molecule has 0 aliphatic heterocycles. The Morgan fingerprint density at radius 1 is 1.31 bits per heavy atom. The van der Waals surface area contributed by atoms with Gasteiger partial charge in [-0.1, -0.05) is 6.92 Å². The van der Waals surface area contributed by atoms with Crippen LogP contribution in [0.25, 0.3) is 5.69 Å². The number of nitriles is 1. The summed E-state index contributed by atoms with van der Waals surface area (Å²) in [4.78, 5) is 4.32. The summed E-state index contributed by atoms with van der Waals surface area (Å²) in [6, 6.07) is 9.65. The van der Waals surface area contributed by atoms with Gasteiger partial charge in [0.15, 0.2) is 0 Å². The molecule has 1 heterocycles. The number of rotatable bonds is 3. The van der Waals surface area contributed by atoms with Crippen LogP contribution in [0.1, 0.15) is 24.7 Å². The molecule has 16 heavy (non-hydrogen) atoms. The van der Waals surface area contributed by atoms with Crippen molar-refractivity contribution in [2.24, 2.45) is 0 Å². The number of imidazole rings is 1. The molecule has 1 aromatic carbocycles. The lowest BCUT2D eigenvalue weighted by molar-refractivity contribution is 0.809. The fraction of sp³-hybridized carbons (Fsp3) is 0.231. The third kappa shape index (κ3) is 1.96. The van der Waals surface area contributed by atoms with Crippen LogP contribution in [0.15, 0.2) is 36.7 Å². The van der Waals surface area contributed by atoms with E-state index in [4.69, 9.17) is 5.26 Å². The standard InChI is InChI=1S/C13H13N3/c1-2-3-13-15-8-9-16(13)12-6-4-11(10-14)5-7-12/h4-9H,2-3H2,1H3. The van der Waals surface area contributed by atoms with Gasteiger partial charge in [0.1, 0.15) is 5.82 Å². The molecule has 3 nitrogen and oxygen atoms in total. The van der Waals surface area contributed by atoms with Gasteiger partial charge in [-0.05, 0) is 30.7 Å². The van der Waals surface area contributed by atoms with Crippen LogP contribution in [0, 0.1) is 11.3 Å². The molecule has 0 spiro atoms. The lowest BCUT2D eigenvalue weighted by Crippen LogP contribution is -1.99. The summed E-state index contributed by atoms with van der Waals surface area (Å²) in [5.41, 5.74) is 1.74. The Labute approximate surface area is 95.0 Å². The van der Waals surface area contributed by atoms with Gasteiger partial charge < -0.3 is 4.57 Å². The molecule has 0 N–H and O–H groups in total. The molecule has 0 bridgehead atoms. The summed E-state index contributed by atoms with van der Waals surface area (Å²) in [7, 11) is 0. The van der Waals surface area contributed by atoms with E-state index < -0.39 is 0 Å². The summed E-state index contributed by atoms with van der Waals surface area (Å²) in [6.45, 7) is 2.14. The van der Waals surface area contributed by atoms with Gasteiger partial charge in [0.25, 0.3) is 0 Å². The summed E-state index contributed by atoms with van der Waals surface area (Å²) in [6.07, 6.45) is 5.80. The summed E-state index contributed by atoms with van der Waals surface area (Å²) >= 11 is 0.